The highest BCUT2D eigenvalue weighted by atomic mass is 19.3. The zero-order valence-corrected chi connectivity index (χ0v) is 21.0. The number of halogens is 3. The van der Waals surface area contributed by atoms with Crippen LogP contribution < -0.4 is 15.6 Å². The van der Waals surface area contributed by atoms with Gasteiger partial charge < -0.3 is 14.6 Å². The molecule has 2 aliphatic carbocycles. The summed E-state index contributed by atoms with van der Waals surface area (Å²) in [5.74, 6) is -4.10. The standard InChI is InChI=1S/C31H26F3N3O2/c32-23-16-25-22(15-24(23)35-26(18-7-3-1-4-8-18)19-9-5-2-6-10-19)27-28(30(38)37(25)21-13-14-21)39-17-31(33,34)29(36-27)20-11-12-20/h1-10,15-16,20-21,29,36H,11-14,17H2. The van der Waals surface area contributed by atoms with Crippen LogP contribution in [-0.4, -0.2) is 28.9 Å². The Labute approximate surface area is 223 Å². The highest BCUT2D eigenvalue weighted by molar-refractivity contribution is 6.14. The Kier molecular flexibility index (Phi) is 5.54. The number of hydrogen-bond acceptors (Lipinski definition) is 4. The molecule has 1 aliphatic heterocycles. The summed E-state index contributed by atoms with van der Waals surface area (Å²) in [6.07, 6.45) is 2.88. The minimum atomic E-state index is -3.15. The van der Waals surface area contributed by atoms with Crippen LogP contribution >= 0.6 is 0 Å². The second kappa shape index (κ2) is 9.00. The number of anilines is 1. The molecule has 1 aromatic heterocycles. The molecule has 0 spiro atoms. The average molecular weight is 530 g/mol. The average Bonchev–Trinajstić information content (AvgIpc) is 3.85. The van der Waals surface area contributed by atoms with Crippen molar-refractivity contribution in [2.75, 3.05) is 11.9 Å². The van der Waals surface area contributed by atoms with E-state index >= 15 is 13.2 Å². The number of aliphatic imine (C=N–C) groups is 1. The largest absolute Gasteiger partial charge is 0.480 e. The van der Waals surface area contributed by atoms with E-state index in [0.717, 1.165) is 24.0 Å². The molecule has 2 fully saturated rings. The van der Waals surface area contributed by atoms with Gasteiger partial charge in [0.2, 0.25) is 5.75 Å². The van der Waals surface area contributed by atoms with Crippen molar-refractivity contribution >= 4 is 28.0 Å². The van der Waals surface area contributed by atoms with E-state index in [1.165, 1.54) is 10.6 Å². The quantitative estimate of drug-likeness (QED) is 0.287. The second-order valence-electron chi connectivity index (χ2n) is 10.6. The van der Waals surface area contributed by atoms with Crippen molar-refractivity contribution in [1.82, 2.24) is 4.57 Å². The monoisotopic (exact) mass is 529 g/mol. The van der Waals surface area contributed by atoms with Gasteiger partial charge in [-0.2, -0.15) is 0 Å². The number of fused-ring (bicyclic) bond motifs is 3. The summed E-state index contributed by atoms with van der Waals surface area (Å²) in [5.41, 5.74) is 2.27. The van der Waals surface area contributed by atoms with Crippen molar-refractivity contribution in [3.05, 3.63) is 100 Å². The van der Waals surface area contributed by atoms with E-state index in [1.54, 1.807) is 6.07 Å². The summed E-state index contributed by atoms with van der Waals surface area (Å²) in [6, 6.07) is 20.5. The first-order valence-corrected chi connectivity index (χ1v) is 13.3. The lowest BCUT2D eigenvalue weighted by Gasteiger charge is -2.25. The molecule has 8 heteroatoms. The van der Waals surface area contributed by atoms with E-state index in [4.69, 9.17) is 9.73 Å². The maximum Gasteiger partial charge on any atom is 0.301 e. The summed E-state index contributed by atoms with van der Waals surface area (Å²) in [4.78, 5) is 18.3. The molecule has 1 atom stereocenters. The zero-order valence-electron chi connectivity index (χ0n) is 21.0. The maximum atomic E-state index is 15.8. The van der Waals surface area contributed by atoms with Gasteiger partial charge in [-0.15, -0.1) is 0 Å². The van der Waals surface area contributed by atoms with Gasteiger partial charge in [0.15, 0.2) is 12.4 Å². The zero-order chi connectivity index (χ0) is 26.7. The van der Waals surface area contributed by atoms with Gasteiger partial charge >= 0.3 is 5.92 Å². The molecule has 1 unspecified atom stereocenters. The van der Waals surface area contributed by atoms with Crippen LogP contribution in [0.3, 0.4) is 0 Å². The van der Waals surface area contributed by atoms with Gasteiger partial charge in [-0.05, 0) is 37.7 Å². The number of ether oxygens (including phenoxy) is 1. The number of pyridine rings is 1. The molecule has 0 bridgehead atoms. The molecule has 0 saturated heterocycles. The number of hydrogen-bond donors (Lipinski definition) is 1. The van der Waals surface area contributed by atoms with Crippen molar-refractivity contribution < 1.29 is 17.9 Å². The number of nitrogens with one attached hydrogen (secondary N) is 1. The van der Waals surface area contributed by atoms with Crippen molar-refractivity contribution in [2.24, 2.45) is 10.9 Å². The van der Waals surface area contributed by atoms with Crippen molar-refractivity contribution in [2.45, 2.75) is 43.7 Å². The Bertz CT molecular complexity index is 1620. The molecule has 2 heterocycles. The predicted octanol–water partition coefficient (Wildman–Crippen LogP) is 6.86. The summed E-state index contributed by atoms with van der Waals surface area (Å²) in [7, 11) is 0. The van der Waals surface area contributed by atoms with Gasteiger partial charge in [0.05, 0.1) is 23.0 Å². The summed E-state index contributed by atoms with van der Waals surface area (Å²) >= 11 is 0. The van der Waals surface area contributed by atoms with Crippen molar-refractivity contribution in [3.8, 4) is 5.75 Å². The Morgan fingerprint density at radius 2 is 1.59 bits per heavy atom. The molecular formula is C31H26F3N3O2. The van der Waals surface area contributed by atoms with E-state index < -0.39 is 29.9 Å². The molecule has 39 heavy (non-hydrogen) atoms. The molecule has 3 aromatic carbocycles. The van der Waals surface area contributed by atoms with Crippen LogP contribution in [0.2, 0.25) is 0 Å². The first-order valence-electron chi connectivity index (χ1n) is 13.3. The molecule has 0 amide bonds. The summed E-state index contributed by atoms with van der Waals surface area (Å²) < 4.78 is 53.0. The third-order valence-electron chi connectivity index (χ3n) is 7.73. The predicted molar refractivity (Wildman–Crippen MR) is 145 cm³/mol. The topological polar surface area (TPSA) is 55.6 Å². The van der Waals surface area contributed by atoms with Crippen molar-refractivity contribution in [3.63, 3.8) is 0 Å². The molecule has 4 aromatic rings. The fourth-order valence-corrected chi connectivity index (χ4v) is 5.48. The number of nitrogens with zero attached hydrogens (tertiary/aromatic N) is 2. The van der Waals surface area contributed by atoms with Crippen LogP contribution in [-0.2, 0) is 0 Å². The first kappa shape index (κ1) is 24.0. The summed E-state index contributed by atoms with van der Waals surface area (Å²) in [5, 5.41) is 3.43. The van der Waals surface area contributed by atoms with Crippen LogP contribution in [0.1, 0.15) is 42.9 Å². The molecule has 0 radical (unpaired) electrons. The highest BCUT2D eigenvalue weighted by Gasteiger charge is 2.51. The van der Waals surface area contributed by atoms with Gasteiger partial charge in [0, 0.05) is 28.6 Å². The summed E-state index contributed by atoms with van der Waals surface area (Å²) in [6.45, 7) is -0.877. The van der Waals surface area contributed by atoms with Gasteiger partial charge in [-0.3, -0.25) is 4.79 Å². The third-order valence-corrected chi connectivity index (χ3v) is 7.73. The van der Waals surface area contributed by atoms with Crippen LogP contribution in [0, 0.1) is 11.7 Å². The van der Waals surface area contributed by atoms with E-state index in [9.17, 15) is 4.79 Å². The van der Waals surface area contributed by atoms with E-state index in [0.29, 0.717) is 29.5 Å². The van der Waals surface area contributed by atoms with Gasteiger partial charge in [-0.25, -0.2) is 18.2 Å². The van der Waals surface area contributed by atoms with Gasteiger partial charge in [0.25, 0.3) is 5.56 Å². The van der Waals surface area contributed by atoms with Crippen LogP contribution in [0.5, 0.6) is 5.75 Å². The Balaban J connectivity index is 1.47. The van der Waals surface area contributed by atoms with Gasteiger partial charge in [-0.1, -0.05) is 60.7 Å². The maximum absolute atomic E-state index is 15.8. The Morgan fingerprint density at radius 1 is 0.949 bits per heavy atom. The minimum absolute atomic E-state index is 0.0502. The molecular weight excluding hydrogens is 503 g/mol. The smallest absolute Gasteiger partial charge is 0.301 e. The first-order chi connectivity index (χ1) is 18.9. The molecule has 198 valence electrons. The lowest BCUT2D eigenvalue weighted by atomic mass is 10.0. The molecule has 7 rings (SSSR count). The van der Waals surface area contributed by atoms with Gasteiger partial charge in [0.1, 0.15) is 5.69 Å². The lowest BCUT2D eigenvalue weighted by Crippen LogP contribution is -2.44. The van der Waals surface area contributed by atoms with Crippen LogP contribution in [0.4, 0.5) is 24.5 Å². The Morgan fingerprint density at radius 3 is 2.18 bits per heavy atom. The van der Waals surface area contributed by atoms with E-state index in [2.05, 4.69) is 5.32 Å². The van der Waals surface area contributed by atoms with E-state index in [1.807, 2.05) is 60.7 Å². The fraction of sp³-hybridized carbons (Fsp3) is 0.290. The highest BCUT2D eigenvalue weighted by Crippen LogP contribution is 2.47. The second-order valence-corrected chi connectivity index (χ2v) is 10.6. The fourth-order valence-electron chi connectivity index (χ4n) is 5.48. The molecule has 5 nitrogen and oxygen atoms in total. The molecule has 1 N–H and O–H groups in total. The number of alkyl halides is 2. The number of rotatable bonds is 5. The number of aromatic nitrogens is 1. The third kappa shape index (κ3) is 4.28. The van der Waals surface area contributed by atoms with Crippen LogP contribution in [0.25, 0.3) is 10.9 Å². The number of benzene rings is 3. The van der Waals surface area contributed by atoms with E-state index in [-0.39, 0.29) is 29.1 Å². The molecule has 2 saturated carbocycles. The molecule has 3 aliphatic rings. The Hall–Kier alpha value is -4.07. The van der Waals surface area contributed by atoms with Crippen molar-refractivity contribution in [1.29, 1.82) is 0 Å². The van der Waals surface area contributed by atoms with Crippen LogP contribution in [0.15, 0.2) is 82.6 Å². The SMILES string of the molecule is O=c1c2c(c3cc(N=C(c4ccccc4)c4ccccc4)c(F)cc3n1C1CC1)NC(C1CC1)C(F)(F)CO2. The normalized spacial score (nSPS) is 19.9. The minimum Gasteiger partial charge on any atom is -0.480 e. The lowest BCUT2D eigenvalue weighted by molar-refractivity contribution is -0.0579.